The first-order valence-corrected chi connectivity index (χ1v) is 8.63. The maximum Gasteiger partial charge on any atom is 0.193 e. The predicted molar refractivity (Wildman–Crippen MR) is 124 cm³/mol. The maximum absolute atomic E-state index is 6.09. The van der Waals surface area contributed by atoms with Gasteiger partial charge in [0, 0.05) is 11.1 Å². The van der Waals surface area contributed by atoms with Crippen molar-refractivity contribution in [2.75, 3.05) is 26.1 Å². The van der Waals surface area contributed by atoms with E-state index in [0.29, 0.717) is 24.0 Å². The molecule has 6 heteroatoms. The van der Waals surface area contributed by atoms with Gasteiger partial charge in [-0.15, -0.1) is 24.0 Å². The van der Waals surface area contributed by atoms with Gasteiger partial charge in [0.25, 0.3) is 0 Å². The number of benzene rings is 2. The smallest absolute Gasteiger partial charge is 0.193 e. The molecular formula is C21H30IN3O2. The SMILES string of the molecule is COc1ccc(C(C)(C)CN=C(N)Nc2cc(C)cc(C)c2)cc1OC.I. The van der Waals surface area contributed by atoms with E-state index in [9.17, 15) is 0 Å². The molecule has 0 aliphatic carbocycles. The zero-order valence-electron chi connectivity index (χ0n) is 16.9. The van der Waals surface area contributed by atoms with E-state index in [1.807, 2.05) is 18.2 Å². The summed E-state index contributed by atoms with van der Waals surface area (Å²) in [4.78, 5) is 4.54. The van der Waals surface area contributed by atoms with E-state index in [1.54, 1.807) is 14.2 Å². The molecule has 0 saturated heterocycles. The molecule has 0 aliphatic rings. The fraction of sp³-hybridized carbons (Fsp3) is 0.381. The molecule has 0 heterocycles. The van der Waals surface area contributed by atoms with Crippen molar-refractivity contribution in [1.82, 2.24) is 0 Å². The number of nitrogens with two attached hydrogens (primary N) is 1. The Bertz CT molecular complexity index is 784. The molecule has 148 valence electrons. The van der Waals surface area contributed by atoms with Crippen LogP contribution in [0.5, 0.6) is 11.5 Å². The van der Waals surface area contributed by atoms with Crippen molar-refractivity contribution in [3.63, 3.8) is 0 Å². The highest BCUT2D eigenvalue weighted by atomic mass is 127. The van der Waals surface area contributed by atoms with Gasteiger partial charge in [-0.25, -0.2) is 0 Å². The van der Waals surface area contributed by atoms with Crippen LogP contribution in [0, 0.1) is 13.8 Å². The molecular weight excluding hydrogens is 453 g/mol. The van der Waals surface area contributed by atoms with Crippen LogP contribution < -0.4 is 20.5 Å². The Hall–Kier alpha value is -1.96. The highest BCUT2D eigenvalue weighted by Crippen LogP contribution is 2.33. The number of hydrogen-bond acceptors (Lipinski definition) is 3. The van der Waals surface area contributed by atoms with Crippen LogP contribution in [0.4, 0.5) is 5.69 Å². The van der Waals surface area contributed by atoms with Crippen LogP contribution in [0.15, 0.2) is 41.4 Å². The van der Waals surface area contributed by atoms with E-state index in [-0.39, 0.29) is 29.4 Å². The number of nitrogens with zero attached hydrogens (tertiary/aromatic N) is 1. The van der Waals surface area contributed by atoms with Gasteiger partial charge in [-0.1, -0.05) is 26.0 Å². The Morgan fingerprint density at radius 2 is 1.59 bits per heavy atom. The van der Waals surface area contributed by atoms with Crippen LogP contribution in [0.25, 0.3) is 0 Å². The monoisotopic (exact) mass is 483 g/mol. The average molecular weight is 483 g/mol. The topological polar surface area (TPSA) is 68.9 Å². The van der Waals surface area contributed by atoms with Gasteiger partial charge in [-0.2, -0.15) is 0 Å². The third-order valence-electron chi connectivity index (χ3n) is 4.30. The summed E-state index contributed by atoms with van der Waals surface area (Å²) in [6, 6.07) is 12.2. The highest BCUT2D eigenvalue weighted by molar-refractivity contribution is 14.0. The molecule has 0 fully saturated rings. The molecule has 0 saturated carbocycles. The number of anilines is 1. The van der Waals surface area contributed by atoms with Crippen molar-refractivity contribution in [3.05, 3.63) is 53.1 Å². The second-order valence-electron chi connectivity index (χ2n) is 7.16. The minimum atomic E-state index is -0.200. The number of guanidine groups is 1. The maximum atomic E-state index is 6.09. The fourth-order valence-corrected chi connectivity index (χ4v) is 2.87. The van der Waals surface area contributed by atoms with Crippen molar-refractivity contribution >= 4 is 35.6 Å². The number of methoxy groups -OCH3 is 2. The highest BCUT2D eigenvalue weighted by Gasteiger charge is 2.22. The third kappa shape index (κ3) is 6.30. The van der Waals surface area contributed by atoms with E-state index in [2.05, 4.69) is 56.2 Å². The normalized spacial score (nSPS) is 11.6. The summed E-state index contributed by atoms with van der Waals surface area (Å²) in [6.07, 6.45) is 0. The second-order valence-corrected chi connectivity index (χ2v) is 7.16. The summed E-state index contributed by atoms with van der Waals surface area (Å²) in [6.45, 7) is 8.92. The first-order valence-electron chi connectivity index (χ1n) is 8.63. The second kappa shape index (κ2) is 9.82. The average Bonchev–Trinajstić information content (AvgIpc) is 2.58. The molecule has 2 aromatic rings. The molecule has 0 amide bonds. The van der Waals surface area contributed by atoms with Gasteiger partial charge in [0.05, 0.1) is 20.8 Å². The van der Waals surface area contributed by atoms with Crippen molar-refractivity contribution < 1.29 is 9.47 Å². The number of nitrogens with one attached hydrogen (secondary N) is 1. The van der Waals surface area contributed by atoms with Gasteiger partial charge in [0.15, 0.2) is 17.5 Å². The van der Waals surface area contributed by atoms with Crippen LogP contribution in [0.2, 0.25) is 0 Å². The standard InChI is InChI=1S/C21H29N3O2.HI/c1-14-9-15(2)11-17(10-14)24-20(22)23-13-21(3,4)16-7-8-18(25-5)19(12-16)26-6;/h7-12H,13H2,1-6H3,(H3,22,23,24);1H. The minimum absolute atomic E-state index is 0. The number of rotatable bonds is 6. The number of aliphatic imine (C=N–C) groups is 1. The van der Waals surface area contributed by atoms with Crippen LogP contribution in [0.3, 0.4) is 0 Å². The summed E-state index contributed by atoms with van der Waals surface area (Å²) in [5.41, 5.74) is 10.3. The molecule has 5 nitrogen and oxygen atoms in total. The Labute approximate surface area is 179 Å². The summed E-state index contributed by atoms with van der Waals surface area (Å²) in [5, 5.41) is 3.17. The first-order chi connectivity index (χ1) is 12.2. The Balaban J connectivity index is 0.00000364. The van der Waals surface area contributed by atoms with E-state index >= 15 is 0 Å². The van der Waals surface area contributed by atoms with E-state index in [4.69, 9.17) is 15.2 Å². The zero-order chi connectivity index (χ0) is 19.3. The molecule has 27 heavy (non-hydrogen) atoms. The van der Waals surface area contributed by atoms with Crippen molar-refractivity contribution in [1.29, 1.82) is 0 Å². The molecule has 0 atom stereocenters. The largest absolute Gasteiger partial charge is 0.493 e. The Morgan fingerprint density at radius 1 is 1.00 bits per heavy atom. The Morgan fingerprint density at radius 3 is 2.15 bits per heavy atom. The van der Waals surface area contributed by atoms with Gasteiger partial charge in [-0.05, 0) is 54.8 Å². The minimum Gasteiger partial charge on any atom is -0.493 e. The van der Waals surface area contributed by atoms with Crippen molar-refractivity contribution in [3.8, 4) is 11.5 Å². The number of aryl methyl sites for hydroxylation is 2. The molecule has 2 rings (SSSR count). The van der Waals surface area contributed by atoms with Crippen LogP contribution in [-0.4, -0.2) is 26.7 Å². The molecule has 2 aromatic carbocycles. The molecule has 0 radical (unpaired) electrons. The lowest BCUT2D eigenvalue weighted by Crippen LogP contribution is -2.27. The zero-order valence-corrected chi connectivity index (χ0v) is 19.3. The predicted octanol–water partition coefficient (Wildman–Crippen LogP) is 4.64. The number of ether oxygens (including phenoxy) is 2. The molecule has 3 N–H and O–H groups in total. The van der Waals surface area contributed by atoms with Crippen LogP contribution in [-0.2, 0) is 5.41 Å². The Kier molecular flexibility index (Phi) is 8.40. The van der Waals surface area contributed by atoms with Gasteiger partial charge in [0.1, 0.15) is 0 Å². The lowest BCUT2D eigenvalue weighted by molar-refractivity contribution is 0.353. The molecule has 0 unspecified atom stereocenters. The van der Waals surface area contributed by atoms with E-state index in [0.717, 1.165) is 11.3 Å². The summed E-state index contributed by atoms with van der Waals surface area (Å²) in [7, 11) is 3.27. The van der Waals surface area contributed by atoms with Crippen LogP contribution in [0.1, 0.15) is 30.5 Å². The molecule has 0 aromatic heterocycles. The fourth-order valence-electron chi connectivity index (χ4n) is 2.87. The molecule has 0 aliphatic heterocycles. The number of halogens is 1. The van der Waals surface area contributed by atoms with Gasteiger partial charge in [-0.3, -0.25) is 4.99 Å². The lowest BCUT2D eigenvalue weighted by Gasteiger charge is -2.24. The van der Waals surface area contributed by atoms with Gasteiger partial charge in [0.2, 0.25) is 0 Å². The quantitative estimate of drug-likeness (QED) is 0.357. The van der Waals surface area contributed by atoms with E-state index in [1.165, 1.54) is 11.1 Å². The van der Waals surface area contributed by atoms with Crippen LogP contribution >= 0.6 is 24.0 Å². The van der Waals surface area contributed by atoms with E-state index < -0.39 is 0 Å². The molecule has 0 spiro atoms. The van der Waals surface area contributed by atoms with Crippen molar-refractivity contribution in [2.24, 2.45) is 10.7 Å². The first kappa shape index (κ1) is 23.1. The third-order valence-corrected chi connectivity index (χ3v) is 4.30. The summed E-state index contributed by atoms with van der Waals surface area (Å²) >= 11 is 0. The van der Waals surface area contributed by atoms with Gasteiger partial charge < -0.3 is 20.5 Å². The summed E-state index contributed by atoms with van der Waals surface area (Å²) < 4.78 is 10.7. The lowest BCUT2D eigenvalue weighted by atomic mass is 9.84. The molecule has 0 bridgehead atoms. The van der Waals surface area contributed by atoms with Gasteiger partial charge >= 0.3 is 0 Å². The number of hydrogen-bond donors (Lipinski definition) is 2. The van der Waals surface area contributed by atoms with Crippen molar-refractivity contribution in [2.45, 2.75) is 33.1 Å². The summed E-state index contributed by atoms with van der Waals surface area (Å²) in [5.74, 6) is 1.83.